The van der Waals surface area contributed by atoms with Crippen LogP contribution in [0.5, 0.6) is 0 Å². The average molecular weight is 499 g/mol. The third kappa shape index (κ3) is 7.51. The first kappa shape index (κ1) is 25.1. The molecule has 3 aromatic rings. The van der Waals surface area contributed by atoms with Crippen molar-refractivity contribution in [2.75, 3.05) is 35.6 Å². The van der Waals surface area contributed by atoms with Crippen LogP contribution in [-0.2, 0) is 6.54 Å². The van der Waals surface area contributed by atoms with Crippen LogP contribution in [0, 0.1) is 28.3 Å². The van der Waals surface area contributed by atoms with Crippen molar-refractivity contribution < 1.29 is 14.1 Å². The van der Waals surface area contributed by atoms with E-state index < -0.39 is 10.8 Å². The normalized spacial score (nSPS) is 10.2. The van der Waals surface area contributed by atoms with Crippen molar-refractivity contribution in [2.45, 2.75) is 6.54 Å². The molecule has 0 aliphatic carbocycles. The molecule has 13 heteroatoms. The molecule has 0 aliphatic rings. The van der Waals surface area contributed by atoms with Gasteiger partial charge in [0.15, 0.2) is 0 Å². The number of nitro groups is 1. The summed E-state index contributed by atoms with van der Waals surface area (Å²) in [7, 11) is 0. The van der Waals surface area contributed by atoms with Gasteiger partial charge < -0.3 is 21.3 Å². The summed E-state index contributed by atoms with van der Waals surface area (Å²) in [5.74, 6) is 2.22. The minimum atomic E-state index is -0.608. The highest BCUT2D eigenvalue weighted by atomic mass is 35.5. The summed E-state index contributed by atoms with van der Waals surface area (Å²) in [5, 5.41) is 22.5. The van der Waals surface area contributed by atoms with E-state index in [-0.39, 0.29) is 59.6 Å². The maximum Gasteiger partial charge on any atom is 0.270 e. The van der Waals surface area contributed by atoms with Gasteiger partial charge in [-0.2, -0.15) is 15.0 Å². The molecule has 4 N–H and O–H groups in total. The second-order valence-corrected chi connectivity index (χ2v) is 7.36. The highest BCUT2D eigenvalue weighted by Gasteiger charge is 2.15. The van der Waals surface area contributed by atoms with Crippen LogP contribution in [0.2, 0.25) is 5.02 Å². The summed E-state index contributed by atoms with van der Waals surface area (Å²) >= 11 is 5.99. The number of aromatic nitrogens is 3. The van der Waals surface area contributed by atoms with Gasteiger partial charge in [-0.3, -0.25) is 14.9 Å². The molecule has 0 aliphatic heterocycles. The summed E-state index contributed by atoms with van der Waals surface area (Å²) in [4.78, 5) is 35.4. The standard InChI is InChI=1S/C22H20ClFN8O3/c1-2-9-26-20-29-21(31-22(30-20)28-13-14-3-5-15(24)6-4-14)27-11-10-25-19(33)17-12-16(32(34)35)7-8-18(17)23/h1,3-8,12H,9-11,13H2,(H,25,33)(H3,26,27,28,29,30,31). The lowest BCUT2D eigenvalue weighted by Gasteiger charge is -2.11. The number of nitro benzene ring substituents is 1. The molecule has 0 saturated heterocycles. The van der Waals surface area contributed by atoms with Gasteiger partial charge in [-0.05, 0) is 23.8 Å². The summed E-state index contributed by atoms with van der Waals surface area (Å²) in [6, 6.07) is 9.60. The first-order valence-electron chi connectivity index (χ1n) is 10.2. The molecular weight excluding hydrogens is 479 g/mol. The van der Waals surface area contributed by atoms with Crippen molar-refractivity contribution in [1.29, 1.82) is 0 Å². The number of halogens is 2. The van der Waals surface area contributed by atoms with E-state index in [9.17, 15) is 19.3 Å². The first-order valence-corrected chi connectivity index (χ1v) is 10.6. The van der Waals surface area contributed by atoms with Crippen LogP contribution >= 0.6 is 11.6 Å². The third-order valence-electron chi connectivity index (χ3n) is 4.45. The highest BCUT2D eigenvalue weighted by molar-refractivity contribution is 6.33. The number of hydrogen-bond acceptors (Lipinski definition) is 9. The molecule has 35 heavy (non-hydrogen) atoms. The van der Waals surface area contributed by atoms with Crippen LogP contribution in [0.3, 0.4) is 0 Å². The number of carbonyl (C=O) groups is 1. The zero-order valence-corrected chi connectivity index (χ0v) is 19.0. The van der Waals surface area contributed by atoms with Gasteiger partial charge in [0.25, 0.3) is 11.6 Å². The summed E-state index contributed by atoms with van der Waals surface area (Å²) < 4.78 is 13.1. The van der Waals surface area contributed by atoms with Gasteiger partial charge in [-0.1, -0.05) is 29.7 Å². The molecule has 11 nitrogen and oxygen atoms in total. The summed E-state index contributed by atoms with van der Waals surface area (Å²) in [6.07, 6.45) is 5.28. The molecule has 0 saturated carbocycles. The van der Waals surface area contributed by atoms with Crippen molar-refractivity contribution in [3.05, 3.63) is 74.5 Å². The van der Waals surface area contributed by atoms with Gasteiger partial charge in [0.05, 0.1) is 22.1 Å². The van der Waals surface area contributed by atoms with E-state index in [4.69, 9.17) is 18.0 Å². The van der Waals surface area contributed by atoms with Gasteiger partial charge >= 0.3 is 0 Å². The number of carbonyl (C=O) groups excluding carboxylic acids is 1. The zero-order valence-electron chi connectivity index (χ0n) is 18.2. The Hall–Kier alpha value is -4.50. The SMILES string of the molecule is C#CCNc1nc(NCCNC(=O)c2cc([N+](=O)[O-])ccc2Cl)nc(NCc2ccc(F)cc2)n1. The minimum absolute atomic E-state index is 0.00548. The van der Waals surface area contributed by atoms with Crippen LogP contribution in [0.1, 0.15) is 15.9 Å². The molecule has 0 fully saturated rings. The van der Waals surface area contributed by atoms with Crippen molar-refractivity contribution in [3.8, 4) is 12.3 Å². The van der Waals surface area contributed by atoms with Crippen LogP contribution in [0.4, 0.5) is 27.9 Å². The molecule has 1 heterocycles. The number of nitrogens with one attached hydrogen (secondary N) is 4. The number of anilines is 3. The second-order valence-electron chi connectivity index (χ2n) is 6.95. The first-order chi connectivity index (χ1) is 16.9. The lowest BCUT2D eigenvalue weighted by Crippen LogP contribution is -2.29. The van der Waals surface area contributed by atoms with Gasteiger partial charge in [0.1, 0.15) is 5.82 Å². The Morgan fingerprint density at radius 1 is 1.03 bits per heavy atom. The Bertz CT molecular complexity index is 1250. The van der Waals surface area contributed by atoms with Crippen LogP contribution in [0.25, 0.3) is 0 Å². The third-order valence-corrected chi connectivity index (χ3v) is 4.78. The quantitative estimate of drug-likeness (QED) is 0.135. The van der Waals surface area contributed by atoms with E-state index in [1.807, 2.05) is 0 Å². The largest absolute Gasteiger partial charge is 0.352 e. The lowest BCUT2D eigenvalue weighted by molar-refractivity contribution is -0.384. The fourth-order valence-electron chi connectivity index (χ4n) is 2.77. The maximum absolute atomic E-state index is 13.1. The van der Waals surface area contributed by atoms with E-state index in [0.29, 0.717) is 6.54 Å². The molecule has 0 radical (unpaired) electrons. The number of hydrogen-bond donors (Lipinski definition) is 4. The maximum atomic E-state index is 13.1. The van der Waals surface area contributed by atoms with Crippen LogP contribution in [-0.4, -0.2) is 45.4 Å². The molecule has 0 atom stereocenters. The Labute approximate surface area is 204 Å². The topological polar surface area (TPSA) is 147 Å². The smallest absolute Gasteiger partial charge is 0.270 e. The van der Waals surface area contributed by atoms with E-state index in [1.54, 1.807) is 12.1 Å². The number of nitrogens with zero attached hydrogens (tertiary/aromatic N) is 4. The van der Waals surface area contributed by atoms with E-state index in [1.165, 1.54) is 24.3 Å². The highest BCUT2D eigenvalue weighted by Crippen LogP contribution is 2.21. The molecule has 0 bridgehead atoms. The van der Waals surface area contributed by atoms with Crippen molar-refractivity contribution >= 4 is 41.0 Å². The van der Waals surface area contributed by atoms with Gasteiger partial charge in [0, 0.05) is 31.8 Å². The van der Waals surface area contributed by atoms with Crippen molar-refractivity contribution in [2.24, 2.45) is 0 Å². The minimum Gasteiger partial charge on any atom is -0.352 e. The monoisotopic (exact) mass is 498 g/mol. The zero-order chi connectivity index (χ0) is 25.2. The molecule has 0 unspecified atom stereocenters. The Kier molecular flexibility index (Phi) is 8.69. The van der Waals surface area contributed by atoms with Crippen molar-refractivity contribution in [1.82, 2.24) is 20.3 Å². The fraction of sp³-hybridized carbons (Fsp3) is 0.182. The number of non-ortho nitro benzene ring substituents is 1. The summed E-state index contributed by atoms with van der Waals surface area (Å²) in [5.41, 5.74) is 0.576. The Morgan fingerprint density at radius 2 is 1.69 bits per heavy atom. The van der Waals surface area contributed by atoms with Crippen LogP contribution in [0.15, 0.2) is 42.5 Å². The van der Waals surface area contributed by atoms with Gasteiger partial charge in [0.2, 0.25) is 17.8 Å². The number of benzene rings is 2. The lowest BCUT2D eigenvalue weighted by atomic mass is 10.2. The number of amides is 1. The van der Waals surface area contributed by atoms with E-state index in [0.717, 1.165) is 11.6 Å². The van der Waals surface area contributed by atoms with Crippen LogP contribution < -0.4 is 21.3 Å². The number of terminal acetylenes is 1. The van der Waals surface area contributed by atoms with E-state index >= 15 is 0 Å². The predicted molar refractivity (Wildman–Crippen MR) is 130 cm³/mol. The fourth-order valence-corrected chi connectivity index (χ4v) is 2.98. The Morgan fingerprint density at radius 3 is 2.34 bits per heavy atom. The predicted octanol–water partition coefficient (Wildman–Crippen LogP) is 3.07. The number of rotatable bonds is 11. The Balaban J connectivity index is 1.60. The molecule has 2 aromatic carbocycles. The molecule has 0 spiro atoms. The molecule has 1 aromatic heterocycles. The van der Waals surface area contributed by atoms with Gasteiger partial charge in [-0.15, -0.1) is 6.42 Å². The second kappa shape index (κ2) is 12.1. The molecule has 1 amide bonds. The molecule has 3 rings (SSSR count). The molecule has 180 valence electrons. The van der Waals surface area contributed by atoms with Crippen molar-refractivity contribution in [3.63, 3.8) is 0 Å². The van der Waals surface area contributed by atoms with Gasteiger partial charge in [-0.25, -0.2) is 4.39 Å². The van der Waals surface area contributed by atoms with E-state index in [2.05, 4.69) is 42.1 Å². The average Bonchev–Trinajstić information content (AvgIpc) is 2.85. The molecular formula is C22H20ClFN8O3. The summed E-state index contributed by atoms with van der Waals surface area (Å²) in [6.45, 7) is 0.919.